The Morgan fingerprint density at radius 3 is 2.46 bits per heavy atom. The largest absolute Gasteiger partial charge is 0.505 e. The van der Waals surface area contributed by atoms with Gasteiger partial charge in [-0.25, -0.2) is 4.39 Å². The molecule has 0 heterocycles. The van der Waals surface area contributed by atoms with Gasteiger partial charge in [0, 0.05) is 6.04 Å². The van der Waals surface area contributed by atoms with Crippen LogP contribution in [0.25, 0.3) is 0 Å². The minimum Gasteiger partial charge on any atom is -0.505 e. The van der Waals surface area contributed by atoms with Gasteiger partial charge in [0.2, 0.25) is 0 Å². The Kier molecular flexibility index (Phi) is 2.88. The number of rotatable bonds is 2. The van der Waals surface area contributed by atoms with E-state index >= 15 is 0 Å². The normalized spacial score (nSPS) is 13.3. The topological polar surface area (TPSA) is 46.2 Å². The molecule has 13 heavy (non-hydrogen) atoms. The van der Waals surface area contributed by atoms with Gasteiger partial charge in [-0.05, 0) is 23.6 Å². The van der Waals surface area contributed by atoms with Crippen LogP contribution in [0.3, 0.4) is 0 Å². The number of aromatic hydroxyl groups is 1. The second-order valence-electron chi connectivity index (χ2n) is 3.48. The summed E-state index contributed by atoms with van der Waals surface area (Å²) < 4.78 is 12.7. The van der Waals surface area contributed by atoms with Crippen LogP contribution in [-0.2, 0) is 0 Å². The van der Waals surface area contributed by atoms with Gasteiger partial charge in [0.25, 0.3) is 0 Å². The van der Waals surface area contributed by atoms with E-state index in [4.69, 9.17) is 10.8 Å². The first-order valence-electron chi connectivity index (χ1n) is 4.26. The van der Waals surface area contributed by atoms with Crippen LogP contribution in [0.5, 0.6) is 5.75 Å². The van der Waals surface area contributed by atoms with Gasteiger partial charge in [0.1, 0.15) is 0 Å². The molecule has 0 radical (unpaired) electrons. The molecular formula is C10H14FNO. The third kappa shape index (κ3) is 2.18. The number of benzene rings is 1. The molecule has 0 amide bonds. The average Bonchev–Trinajstić information content (AvgIpc) is 2.08. The highest BCUT2D eigenvalue weighted by Gasteiger charge is 2.11. The van der Waals surface area contributed by atoms with E-state index in [1.165, 1.54) is 12.1 Å². The summed E-state index contributed by atoms with van der Waals surface area (Å²) in [4.78, 5) is 0. The molecule has 1 atom stereocenters. The quantitative estimate of drug-likeness (QED) is 0.738. The molecule has 0 fully saturated rings. The molecule has 1 aromatic carbocycles. The molecule has 2 nitrogen and oxygen atoms in total. The zero-order chi connectivity index (χ0) is 10.0. The highest BCUT2D eigenvalue weighted by Crippen LogP contribution is 2.24. The molecule has 0 bridgehead atoms. The van der Waals surface area contributed by atoms with Crippen molar-refractivity contribution in [2.75, 3.05) is 0 Å². The summed E-state index contributed by atoms with van der Waals surface area (Å²) in [6, 6.07) is 4.04. The molecule has 3 N–H and O–H groups in total. The van der Waals surface area contributed by atoms with Gasteiger partial charge in [-0.2, -0.15) is 0 Å². The van der Waals surface area contributed by atoms with Gasteiger partial charge in [-0.3, -0.25) is 0 Å². The van der Waals surface area contributed by atoms with Gasteiger partial charge in [-0.15, -0.1) is 0 Å². The zero-order valence-corrected chi connectivity index (χ0v) is 7.79. The standard InChI is InChI=1S/C10H14FNO/c1-6(2)10(12)7-3-4-8(11)9(13)5-7/h3-6,10,13H,12H2,1-2H3/t10-/m1/s1. The van der Waals surface area contributed by atoms with Gasteiger partial charge < -0.3 is 10.8 Å². The SMILES string of the molecule is CC(C)[C@@H](N)c1ccc(F)c(O)c1. The Hall–Kier alpha value is -1.09. The lowest BCUT2D eigenvalue weighted by molar-refractivity contribution is 0.428. The number of nitrogens with two attached hydrogens (primary N) is 1. The number of phenolic OH excluding ortho intramolecular Hbond substituents is 1. The maximum absolute atomic E-state index is 12.7. The van der Waals surface area contributed by atoms with Crippen molar-refractivity contribution in [3.05, 3.63) is 29.6 Å². The van der Waals surface area contributed by atoms with Crippen molar-refractivity contribution in [1.29, 1.82) is 0 Å². The predicted molar refractivity (Wildman–Crippen MR) is 49.8 cm³/mol. The Labute approximate surface area is 77.2 Å². The molecule has 0 aliphatic rings. The number of halogens is 1. The third-order valence-electron chi connectivity index (χ3n) is 2.07. The van der Waals surface area contributed by atoms with E-state index in [2.05, 4.69) is 0 Å². The third-order valence-corrected chi connectivity index (χ3v) is 2.07. The predicted octanol–water partition coefficient (Wildman–Crippen LogP) is 2.19. The number of phenols is 1. The number of hydrogen-bond donors (Lipinski definition) is 2. The van der Waals surface area contributed by atoms with E-state index in [0.29, 0.717) is 0 Å². The van der Waals surface area contributed by atoms with Crippen molar-refractivity contribution in [2.45, 2.75) is 19.9 Å². The monoisotopic (exact) mass is 183 g/mol. The number of hydrogen-bond acceptors (Lipinski definition) is 2. The van der Waals surface area contributed by atoms with Crippen molar-refractivity contribution in [1.82, 2.24) is 0 Å². The molecule has 72 valence electrons. The molecule has 1 aromatic rings. The molecule has 0 spiro atoms. The Morgan fingerprint density at radius 2 is 2.00 bits per heavy atom. The molecule has 0 aliphatic heterocycles. The van der Waals surface area contributed by atoms with Gasteiger partial charge in [-0.1, -0.05) is 19.9 Å². The van der Waals surface area contributed by atoms with Crippen molar-refractivity contribution < 1.29 is 9.50 Å². The van der Waals surface area contributed by atoms with Crippen LogP contribution >= 0.6 is 0 Å². The minimum absolute atomic E-state index is 0.161. The van der Waals surface area contributed by atoms with Crippen LogP contribution in [0.15, 0.2) is 18.2 Å². The lowest BCUT2D eigenvalue weighted by Gasteiger charge is -2.15. The van der Waals surface area contributed by atoms with Gasteiger partial charge >= 0.3 is 0 Å². The van der Waals surface area contributed by atoms with E-state index < -0.39 is 5.82 Å². The summed E-state index contributed by atoms with van der Waals surface area (Å²) in [7, 11) is 0. The van der Waals surface area contributed by atoms with Crippen LogP contribution in [0, 0.1) is 11.7 Å². The fourth-order valence-corrected chi connectivity index (χ4v) is 1.12. The van der Waals surface area contributed by atoms with Crippen molar-refractivity contribution in [2.24, 2.45) is 11.7 Å². The second-order valence-corrected chi connectivity index (χ2v) is 3.48. The summed E-state index contributed by atoms with van der Waals surface area (Å²) in [5, 5.41) is 9.10. The van der Waals surface area contributed by atoms with E-state index in [1.807, 2.05) is 13.8 Å². The van der Waals surface area contributed by atoms with Gasteiger partial charge in [0.05, 0.1) is 0 Å². The van der Waals surface area contributed by atoms with Crippen molar-refractivity contribution in [3.63, 3.8) is 0 Å². The summed E-state index contributed by atoms with van der Waals surface area (Å²) in [5.41, 5.74) is 6.58. The van der Waals surface area contributed by atoms with Crippen LogP contribution in [0.4, 0.5) is 4.39 Å². The molecule has 1 rings (SSSR count). The Balaban J connectivity index is 2.97. The van der Waals surface area contributed by atoms with E-state index in [1.54, 1.807) is 6.07 Å². The van der Waals surface area contributed by atoms with Crippen LogP contribution in [-0.4, -0.2) is 5.11 Å². The Morgan fingerprint density at radius 1 is 1.38 bits per heavy atom. The summed E-state index contributed by atoms with van der Waals surface area (Å²) >= 11 is 0. The van der Waals surface area contributed by atoms with E-state index in [9.17, 15) is 4.39 Å². The molecule has 0 saturated heterocycles. The van der Waals surface area contributed by atoms with E-state index in [-0.39, 0.29) is 17.7 Å². The first-order valence-corrected chi connectivity index (χ1v) is 4.26. The highest BCUT2D eigenvalue weighted by atomic mass is 19.1. The minimum atomic E-state index is -0.611. The van der Waals surface area contributed by atoms with Crippen LogP contribution in [0.1, 0.15) is 25.5 Å². The lowest BCUT2D eigenvalue weighted by Crippen LogP contribution is -2.16. The smallest absolute Gasteiger partial charge is 0.164 e. The maximum atomic E-state index is 12.7. The summed E-state index contributed by atoms with van der Waals surface area (Å²) in [6.07, 6.45) is 0. The van der Waals surface area contributed by atoms with Gasteiger partial charge in [0.15, 0.2) is 11.6 Å². The van der Waals surface area contributed by atoms with Crippen LogP contribution in [0.2, 0.25) is 0 Å². The van der Waals surface area contributed by atoms with E-state index in [0.717, 1.165) is 5.56 Å². The fourth-order valence-electron chi connectivity index (χ4n) is 1.12. The summed E-state index contributed by atoms with van der Waals surface area (Å²) in [5.74, 6) is -0.682. The summed E-state index contributed by atoms with van der Waals surface area (Å²) in [6.45, 7) is 3.95. The molecule has 0 aromatic heterocycles. The Bertz CT molecular complexity index is 299. The maximum Gasteiger partial charge on any atom is 0.164 e. The second kappa shape index (κ2) is 3.75. The molecule has 0 unspecified atom stereocenters. The molecule has 3 heteroatoms. The first-order chi connectivity index (χ1) is 6.02. The van der Waals surface area contributed by atoms with Crippen molar-refractivity contribution >= 4 is 0 Å². The first kappa shape index (κ1) is 9.99. The zero-order valence-electron chi connectivity index (χ0n) is 7.79. The molecule has 0 saturated carbocycles. The van der Waals surface area contributed by atoms with Crippen LogP contribution < -0.4 is 5.73 Å². The fraction of sp³-hybridized carbons (Fsp3) is 0.400. The average molecular weight is 183 g/mol. The molecular weight excluding hydrogens is 169 g/mol. The highest BCUT2D eigenvalue weighted by molar-refractivity contribution is 5.30. The lowest BCUT2D eigenvalue weighted by atomic mass is 9.97. The molecule has 0 aliphatic carbocycles. The van der Waals surface area contributed by atoms with Crippen molar-refractivity contribution in [3.8, 4) is 5.75 Å².